The zero-order valence-electron chi connectivity index (χ0n) is 6.23. The average Bonchev–Trinajstić information content (AvgIpc) is 2.35. The third-order valence-electron chi connectivity index (χ3n) is 1.11. The highest BCUT2D eigenvalue weighted by Gasteiger charge is 2.03. The van der Waals surface area contributed by atoms with Crippen molar-refractivity contribution in [2.45, 2.75) is 0 Å². The Balaban J connectivity index is 2.64. The molecule has 0 fully saturated rings. The second-order valence-corrected chi connectivity index (χ2v) is 2.05. The van der Waals surface area contributed by atoms with Gasteiger partial charge in [-0.1, -0.05) is 6.58 Å². The molecule has 0 amide bonds. The van der Waals surface area contributed by atoms with Crippen LogP contribution in [0.1, 0.15) is 0 Å². The molecule has 4 nitrogen and oxygen atoms in total. The summed E-state index contributed by atoms with van der Waals surface area (Å²) in [6, 6.07) is 0. The molecule has 1 aromatic rings. The van der Waals surface area contributed by atoms with E-state index in [9.17, 15) is 4.79 Å². The number of nitrogens with zero attached hydrogens (tertiary/aromatic N) is 2. The summed E-state index contributed by atoms with van der Waals surface area (Å²) in [4.78, 5) is 15.3. The Hall–Kier alpha value is -1.58. The van der Waals surface area contributed by atoms with Gasteiger partial charge in [-0.05, 0) is 4.73 Å². The van der Waals surface area contributed by atoms with Gasteiger partial charge in [-0.3, -0.25) is 4.84 Å². The predicted octanol–water partition coefficient (Wildman–Crippen LogP) is -0.546. The van der Waals surface area contributed by atoms with Crippen molar-refractivity contribution >= 4 is 5.97 Å². The lowest BCUT2D eigenvalue weighted by molar-refractivity contribution is -0.671. The molecule has 0 aliphatic carbocycles. The minimum Gasteiger partial charge on any atom is -0.253 e. The van der Waals surface area contributed by atoms with Crippen molar-refractivity contribution in [1.82, 2.24) is 4.73 Å². The highest BCUT2D eigenvalue weighted by molar-refractivity contribution is 5.81. The minimum atomic E-state index is -0.471. The molecule has 0 aliphatic heterocycles. The molecule has 0 radical (unpaired) electrons. The molecule has 4 heteroatoms. The lowest BCUT2D eigenvalue weighted by Gasteiger charge is -1.89. The monoisotopic (exact) mass is 153 g/mol. The van der Waals surface area contributed by atoms with Crippen LogP contribution >= 0.6 is 0 Å². The van der Waals surface area contributed by atoms with E-state index in [0.29, 0.717) is 0 Å². The van der Waals surface area contributed by atoms with Crippen LogP contribution in [0, 0.1) is 0 Å². The smallest absolute Gasteiger partial charge is 0.253 e. The third kappa shape index (κ3) is 1.93. The topological polar surface area (TPSA) is 35.1 Å². The van der Waals surface area contributed by atoms with Crippen molar-refractivity contribution in [1.29, 1.82) is 0 Å². The zero-order chi connectivity index (χ0) is 8.27. The van der Waals surface area contributed by atoms with Crippen molar-refractivity contribution in [3.8, 4) is 0 Å². The molecule has 0 saturated heterocycles. The molecule has 0 spiro atoms. The summed E-state index contributed by atoms with van der Waals surface area (Å²) in [5.41, 5.74) is 0. The van der Waals surface area contributed by atoms with Gasteiger partial charge in [0, 0.05) is 6.08 Å². The summed E-state index contributed by atoms with van der Waals surface area (Å²) in [5, 5.41) is 0. The molecular formula is C7H9N2O2+. The molecule has 58 valence electrons. The van der Waals surface area contributed by atoms with Crippen molar-refractivity contribution < 1.29 is 14.2 Å². The van der Waals surface area contributed by atoms with Gasteiger partial charge in [-0.25, -0.2) is 9.36 Å². The fourth-order valence-electron chi connectivity index (χ4n) is 0.623. The molecule has 0 aromatic carbocycles. The quantitative estimate of drug-likeness (QED) is 0.422. The third-order valence-corrected chi connectivity index (χ3v) is 1.11. The maximum atomic E-state index is 10.6. The second kappa shape index (κ2) is 3.01. The van der Waals surface area contributed by atoms with Crippen molar-refractivity contribution in [3.05, 3.63) is 31.4 Å². The van der Waals surface area contributed by atoms with E-state index >= 15 is 0 Å². The average molecular weight is 153 g/mol. The van der Waals surface area contributed by atoms with E-state index in [0.717, 1.165) is 6.08 Å². The van der Waals surface area contributed by atoms with Crippen molar-refractivity contribution in [2.75, 3.05) is 0 Å². The van der Waals surface area contributed by atoms with Crippen molar-refractivity contribution in [3.63, 3.8) is 0 Å². The van der Waals surface area contributed by atoms with E-state index in [1.807, 2.05) is 7.05 Å². The van der Waals surface area contributed by atoms with Gasteiger partial charge in [-0.2, -0.15) is 0 Å². The normalized spacial score (nSPS) is 9.18. The van der Waals surface area contributed by atoms with Gasteiger partial charge in [0.15, 0.2) is 6.20 Å². The molecule has 0 unspecified atom stereocenters. The fraction of sp³-hybridized carbons (Fsp3) is 0.143. The predicted molar refractivity (Wildman–Crippen MR) is 37.4 cm³/mol. The lowest BCUT2D eigenvalue weighted by atomic mass is 10.7. The first-order valence-electron chi connectivity index (χ1n) is 3.10. The number of hydrogen-bond acceptors (Lipinski definition) is 2. The van der Waals surface area contributed by atoms with Crippen LogP contribution in [0.3, 0.4) is 0 Å². The Kier molecular flexibility index (Phi) is 2.06. The number of hydrogen-bond donors (Lipinski definition) is 0. The SMILES string of the molecule is C=CC(=O)On1cc[n+](C)c1. The van der Waals surface area contributed by atoms with Crippen LogP contribution in [0.4, 0.5) is 0 Å². The second-order valence-electron chi connectivity index (χ2n) is 2.05. The lowest BCUT2D eigenvalue weighted by Crippen LogP contribution is -2.25. The fourth-order valence-corrected chi connectivity index (χ4v) is 0.623. The highest BCUT2D eigenvalue weighted by atomic mass is 16.7. The van der Waals surface area contributed by atoms with Gasteiger partial charge in [0.1, 0.15) is 6.20 Å². The van der Waals surface area contributed by atoms with Gasteiger partial charge >= 0.3 is 5.97 Å². The molecule has 1 heterocycles. The molecule has 0 atom stereocenters. The molecule has 1 aromatic heterocycles. The Morgan fingerprint density at radius 1 is 1.82 bits per heavy atom. The molecule has 1 rings (SSSR count). The summed E-state index contributed by atoms with van der Waals surface area (Å²) in [6.07, 6.45) is 6.12. The van der Waals surface area contributed by atoms with Gasteiger partial charge in [0.2, 0.25) is 0 Å². The Bertz CT molecular complexity index is 278. The van der Waals surface area contributed by atoms with Crippen LogP contribution in [0.15, 0.2) is 31.4 Å². The van der Waals surface area contributed by atoms with Crippen LogP contribution in [-0.4, -0.2) is 10.7 Å². The number of aryl methyl sites for hydroxylation is 1. The Morgan fingerprint density at radius 3 is 3.00 bits per heavy atom. The van der Waals surface area contributed by atoms with Gasteiger partial charge in [0.05, 0.1) is 7.05 Å². The first kappa shape index (κ1) is 7.53. The number of rotatable bonds is 2. The first-order valence-corrected chi connectivity index (χ1v) is 3.10. The van der Waals surface area contributed by atoms with Gasteiger partial charge in [0.25, 0.3) is 6.33 Å². The highest BCUT2D eigenvalue weighted by Crippen LogP contribution is 1.79. The van der Waals surface area contributed by atoms with Crippen molar-refractivity contribution in [2.24, 2.45) is 7.05 Å². The zero-order valence-corrected chi connectivity index (χ0v) is 6.23. The Labute approximate surface area is 64.3 Å². The molecule has 0 saturated carbocycles. The van der Waals surface area contributed by atoms with E-state index < -0.39 is 5.97 Å². The van der Waals surface area contributed by atoms with E-state index in [4.69, 9.17) is 4.84 Å². The van der Waals surface area contributed by atoms with Crippen LogP contribution in [0.2, 0.25) is 0 Å². The first-order chi connectivity index (χ1) is 5.22. The summed E-state index contributed by atoms with van der Waals surface area (Å²) >= 11 is 0. The molecule has 0 bridgehead atoms. The summed E-state index contributed by atoms with van der Waals surface area (Å²) in [5.74, 6) is -0.471. The summed E-state index contributed by atoms with van der Waals surface area (Å²) < 4.78 is 3.07. The largest absolute Gasteiger partial charge is 0.380 e. The standard InChI is InChI=1S/C7H9N2O2/c1-3-7(10)11-9-5-4-8(2)6-9/h3-6H,1H2,2H3/q+1. The molecular weight excluding hydrogens is 144 g/mol. The maximum Gasteiger partial charge on any atom is 0.380 e. The number of aromatic nitrogens is 2. The van der Waals surface area contributed by atoms with Crippen LogP contribution in [-0.2, 0) is 11.8 Å². The van der Waals surface area contributed by atoms with Gasteiger partial charge in [-0.15, -0.1) is 0 Å². The minimum absolute atomic E-state index is 0.471. The number of imidazole rings is 1. The number of carbonyl (C=O) groups is 1. The number of carbonyl (C=O) groups excluding carboxylic acids is 1. The van der Waals surface area contributed by atoms with Crippen LogP contribution < -0.4 is 9.40 Å². The molecule has 0 N–H and O–H groups in total. The molecule has 11 heavy (non-hydrogen) atoms. The summed E-state index contributed by atoms with van der Waals surface area (Å²) in [7, 11) is 1.83. The van der Waals surface area contributed by atoms with Gasteiger partial charge < -0.3 is 0 Å². The van der Waals surface area contributed by atoms with E-state index in [2.05, 4.69) is 6.58 Å². The van der Waals surface area contributed by atoms with E-state index in [1.54, 1.807) is 23.3 Å². The molecule has 0 aliphatic rings. The van der Waals surface area contributed by atoms with Crippen LogP contribution in [0.25, 0.3) is 0 Å². The maximum absolute atomic E-state index is 10.6. The van der Waals surface area contributed by atoms with Crippen LogP contribution in [0.5, 0.6) is 0 Å². The van der Waals surface area contributed by atoms with E-state index in [-0.39, 0.29) is 0 Å². The van der Waals surface area contributed by atoms with E-state index in [1.165, 1.54) is 4.73 Å². The Morgan fingerprint density at radius 2 is 2.55 bits per heavy atom. The summed E-state index contributed by atoms with van der Waals surface area (Å²) in [6.45, 7) is 3.27.